The quantitative estimate of drug-likeness (QED) is 0.700. The van der Waals surface area contributed by atoms with E-state index in [4.69, 9.17) is 15.2 Å². The molecule has 0 radical (unpaired) electrons. The zero-order chi connectivity index (χ0) is 15.8. The number of ether oxygens (including phenoxy) is 2. The van der Waals surface area contributed by atoms with E-state index in [1.807, 2.05) is 6.92 Å². The Morgan fingerprint density at radius 3 is 2.82 bits per heavy atom. The number of anilines is 2. The van der Waals surface area contributed by atoms with Crippen LogP contribution in [-0.4, -0.2) is 60.9 Å². The van der Waals surface area contributed by atoms with Crippen LogP contribution in [0.5, 0.6) is 5.88 Å². The van der Waals surface area contributed by atoms with Crippen molar-refractivity contribution < 1.29 is 9.47 Å². The summed E-state index contributed by atoms with van der Waals surface area (Å²) >= 11 is 0. The van der Waals surface area contributed by atoms with Crippen LogP contribution >= 0.6 is 0 Å². The summed E-state index contributed by atoms with van der Waals surface area (Å²) in [5.74, 6) is 1.80. The van der Waals surface area contributed by atoms with Crippen LogP contribution in [0.25, 0.3) is 0 Å². The fourth-order valence-electron chi connectivity index (χ4n) is 2.27. The average molecular weight is 309 g/mol. The summed E-state index contributed by atoms with van der Waals surface area (Å²) in [5, 5.41) is 3.29. The second-order valence-corrected chi connectivity index (χ2v) is 5.42. The first-order chi connectivity index (χ1) is 10.7. The minimum absolute atomic E-state index is 0.481. The van der Waals surface area contributed by atoms with E-state index in [0.717, 1.165) is 52.2 Å². The van der Waals surface area contributed by atoms with Crippen molar-refractivity contribution in [2.75, 3.05) is 57.1 Å². The van der Waals surface area contributed by atoms with Gasteiger partial charge in [-0.1, -0.05) is 13.3 Å². The predicted molar refractivity (Wildman–Crippen MR) is 87.3 cm³/mol. The minimum atomic E-state index is 0.481. The summed E-state index contributed by atoms with van der Waals surface area (Å²) in [7, 11) is 0. The molecule has 2 heterocycles. The summed E-state index contributed by atoms with van der Waals surface area (Å²) < 4.78 is 11.0. The van der Waals surface area contributed by atoms with E-state index in [1.165, 1.54) is 0 Å². The number of nitrogens with one attached hydrogen (secondary N) is 1. The normalized spacial score (nSPS) is 15.7. The fourth-order valence-corrected chi connectivity index (χ4v) is 2.27. The van der Waals surface area contributed by atoms with Crippen LogP contribution in [0.2, 0.25) is 0 Å². The molecule has 7 nitrogen and oxygen atoms in total. The van der Waals surface area contributed by atoms with E-state index in [2.05, 4.69) is 27.1 Å². The standard InChI is InChI=1S/C15H27N5O2/c1-3-4-9-22-15-13(16)14(18-12(2)19-15)17-5-6-20-7-10-21-11-8-20/h3-11,16H2,1-2H3,(H,17,18,19). The molecule has 124 valence electrons. The lowest BCUT2D eigenvalue weighted by Crippen LogP contribution is -2.39. The predicted octanol–water partition coefficient (Wildman–Crippen LogP) is 1.29. The lowest BCUT2D eigenvalue weighted by Gasteiger charge is -2.26. The van der Waals surface area contributed by atoms with E-state index in [9.17, 15) is 0 Å². The number of nitrogens with two attached hydrogens (primary N) is 1. The second-order valence-electron chi connectivity index (χ2n) is 5.42. The molecule has 0 unspecified atom stereocenters. The highest BCUT2D eigenvalue weighted by molar-refractivity contribution is 5.66. The van der Waals surface area contributed by atoms with Gasteiger partial charge in [-0.2, -0.15) is 4.98 Å². The van der Waals surface area contributed by atoms with Gasteiger partial charge in [-0.15, -0.1) is 0 Å². The molecular weight excluding hydrogens is 282 g/mol. The van der Waals surface area contributed by atoms with Gasteiger partial charge in [-0.3, -0.25) is 4.90 Å². The average Bonchev–Trinajstić information content (AvgIpc) is 2.52. The van der Waals surface area contributed by atoms with Crippen molar-refractivity contribution in [3.8, 4) is 5.88 Å². The molecule has 1 fully saturated rings. The molecule has 0 bridgehead atoms. The molecule has 1 aliphatic heterocycles. The third-order valence-corrected chi connectivity index (χ3v) is 3.58. The van der Waals surface area contributed by atoms with Crippen LogP contribution in [-0.2, 0) is 4.74 Å². The Labute approximate surface area is 132 Å². The van der Waals surface area contributed by atoms with Crippen molar-refractivity contribution >= 4 is 11.5 Å². The number of rotatable bonds is 8. The van der Waals surface area contributed by atoms with Crippen molar-refractivity contribution in [1.82, 2.24) is 14.9 Å². The lowest BCUT2D eigenvalue weighted by atomic mass is 10.3. The number of aromatic nitrogens is 2. The Balaban J connectivity index is 1.88. The summed E-state index contributed by atoms with van der Waals surface area (Å²) in [6.07, 6.45) is 2.07. The van der Waals surface area contributed by atoms with Crippen LogP contribution in [0, 0.1) is 6.92 Å². The Morgan fingerprint density at radius 2 is 2.09 bits per heavy atom. The zero-order valence-corrected chi connectivity index (χ0v) is 13.6. The molecular formula is C15H27N5O2. The highest BCUT2D eigenvalue weighted by atomic mass is 16.5. The largest absolute Gasteiger partial charge is 0.476 e. The van der Waals surface area contributed by atoms with Crippen molar-refractivity contribution in [3.63, 3.8) is 0 Å². The van der Waals surface area contributed by atoms with Crippen LogP contribution < -0.4 is 15.8 Å². The number of morpholine rings is 1. The van der Waals surface area contributed by atoms with Crippen LogP contribution in [0.4, 0.5) is 11.5 Å². The van der Waals surface area contributed by atoms with Gasteiger partial charge in [0.05, 0.1) is 19.8 Å². The molecule has 0 spiro atoms. The number of nitrogens with zero attached hydrogens (tertiary/aromatic N) is 3. The van der Waals surface area contributed by atoms with E-state index in [0.29, 0.717) is 29.8 Å². The van der Waals surface area contributed by atoms with Crippen LogP contribution in [0.1, 0.15) is 25.6 Å². The minimum Gasteiger partial charge on any atom is -0.476 e. The third-order valence-electron chi connectivity index (χ3n) is 3.58. The van der Waals surface area contributed by atoms with Crippen molar-refractivity contribution in [3.05, 3.63) is 5.82 Å². The summed E-state index contributed by atoms with van der Waals surface area (Å²) in [4.78, 5) is 11.0. The maximum absolute atomic E-state index is 6.11. The van der Waals surface area contributed by atoms with Gasteiger partial charge in [-0.05, 0) is 13.3 Å². The monoisotopic (exact) mass is 309 g/mol. The van der Waals surface area contributed by atoms with Gasteiger partial charge in [0.25, 0.3) is 0 Å². The maximum atomic E-state index is 6.11. The molecule has 0 aliphatic carbocycles. The van der Waals surface area contributed by atoms with Crippen molar-refractivity contribution in [1.29, 1.82) is 0 Å². The SMILES string of the molecule is CCCCOc1nc(C)nc(NCCN2CCOCC2)c1N. The molecule has 3 N–H and O–H groups in total. The Bertz CT molecular complexity index is 463. The van der Waals surface area contributed by atoms with E-state index in [-0.39, 0.29) is 0 Å². The zero-order valence-electron chi connectivity index (χ0n) is 13.6. The molecule has 0 amide bonds. The van der Waals surface area contributed by atoms with E-state index in [1.54, 1.807) is 0 Å². The molecule has 0 aromatic carbocycles. The summed E-state index contributed by atoms with van der Waals surface area (Å²) in [5.41, 5.74) is 6.60. The lowest BCUT2D eigenvalue weighted by molar-refractivity contribution is 0.0398. The number of unbranched alkanes of at least 4 members (excludes halogenated alkanes) is 1. The van der Waals surface area contributed by atoms with Gasteiger partial charge in [-0.25, -0.2) is 4.98 Å². The number of hydrogen-bond acceptors (Lipinski definition) is 7. The first kappa shape index (κ1) is 16.8. The van der Waals surface area contributed by atoms with E-state index >= 15 is 0 Å². The maximum Gasteiger partial charge on any atom is 0.242 e. The molecule has 1 aromatic heterocycles. The van der Waals surface area contributed by atoms with E-state index < -0.39 is 0 Å². The van der Waals surface area contributed by atoms with Gasteiger partial charge >= 0.3 is 0 Å². The molecule has 22 heavy (non-hydrogen) atoms. The van der Waals surface area contributed by atoms with Gasteiger partial charge in [0.2, 0.25) is 5.88 Å². The first-order valence-corrected chi connectivity index (χ1v) is 8.01. The van der Waals surface area contributed by atoms with Crippen LogP contribution in [0.15, 0.2) is 0 Å². The molecule has 2 rings (SSSR count). The fraction of sp³-hybridized carbons (Fsp3) is 0.733. The number of aryl methyl sites for hydroxylation is 1. The summed E-state index contributed by atoms with van der Waals surface area (Å²) in [6, 6.07) is 0. The molecule has 0 saturated carbocycles. The van der Waals surface area contributed by atoms with Crippen LogP contribution in [0.3, 0.4) is 0 Å². The van der Waals surface area contributed by atoms with Crippen molar-refractivity contribution in [2.24, 2.45) is 0 Å². The summed E-state index contributed by atoms with van der Waals surface area (Å²) in [6.45, 7) is 9.90. The topological polar surface area (TPSA) is 85.5 Å². The van der Waals surface area contributed by atoms with Gasteiger partial charge in [0, 0.05) is 26.2 Å². The van der Waals surface area contributed by atoms with Gasteiger partial charge < -0.3 is 20.5 Å². The first-order valence-electron chi connectivity index (χ1n) is 8.01. The third kappa shape index (κ3) is 4.99. The smallest absolute Gasteiger partial charge is 0.242 e. The Morgan fingerprint density at radius 1 is 1.32 bits per heavy atom. The highest BCUT2D eigenvalue weighted by Crippen LogP contribution is 2.25. The molecule has 1 saturated heterocycles. The number of hydrogen-bond donors (Lipinski definition) is 2. The second kappa shape index (κ2) is 8.75. The molecule has 7 heteroatoms. The van der Waals surface area contributed by atoms with Gasteiger partial charge in [0.15, 0.2) is 5.82 Å². The Kier molecular flexibility index (Phi) is 6.67. The number of nitrogen functional groups attached to an aromatic ring is 1. The Hall–Kier alpha value is -1.60. The molecule has 1 aliphatic rings. The molecule has 1 aromatic rings. The van der Waals surface area contributed by atoms with Crippen molar-refractivity contribution in [2.45, 2.75) is 26.7 Å². The molecule has 0 atom stereocenters. The highest BCUT2D eigenvalue weighted by Gasteiger charge is 2.13. The van der Waals surface area contributed by atoms with Gasteiger partial charge in [0.1, 0.15) is 11.5 Å².